The van der Waals surface area contributed by atoms with E-state index >= 15 is 0 Å². The van der Waals surface area contributed by atoms with Gasteiger partial charge in [0.2, 0.25) is 0 Å². The first-order valence-electron chi connectivity index (χ1n) is 5.08. The molecule has 5 heteroatoms. The van der Waals surface area contributed by atoms with Gasteiger partial charge in [-0.2, -0.15) is 0 Å². The molecule has 0 amide bonds. The molecule has 0 aromatic carbocycles. The maximum atomic E-state index is 5.86. The van der Waals surface area contributed by atoms with Crippen LogP contribution in [0.4, 0.5) is 0 Å². The molecule has 0 unspecified atom stereocenters. The molecule has 0 aliphatic heterocycles. The van der Waals surface area contributed by atoms with Crippen LogP contribution < -0.4 is 5.32 Å². The van der Waals surface area contributed by atoms with Gasteiger partial charge in [0, 0.05) is 29.6 Å². The van der Waals surface area contributed by atoms with E-state index in [1.165, 1.54) is 11.3 Å². The molecule has 86 valence electrons. The lowest BCUT2D eigenvalue weighted by molar-refractivity contribution is 0.417. The quantitative estimate of drug-likeness (QED) is 0.909. The van der Waals surface area contributed by atoms with Crippen LogP contribution in [0.1, 0.15) is 19.5 Å². The molecule has 16 heavy (non-hydrogen) atoms. The molecule has 0 spiro atoms. The molecule has 2 aromatic heterocycles. The second-order valence-corrected chi connectivity index (χ2v) is 5.40. The van der Waals surface area contributed by atoms with Crippen molar-refractivity contribution in [3.63, 3.8) is 0 Å². The number of halogens is 1. The van der Waals surface area contributed by atoms with Crippen molar-refractivity contribution in [2.45, 2.75) is 26.4 Å². The van der Waals surface area contributed by atoms with Crippen LogP contribution in [-0.4, -0.2) is 11.2 Å². The van der Waals surface area contributed by atoms with Crippen LogP contribution in [0.2, 0.25) is 4.34 Å². The standard InChI is InChI=1S/C11H13ClN2OS/c1-7(2)13-5-9-4-10(15-14-9)8-3-11(12)16-6-8/h3-4,6-7,13H,5H2,1-2H3. The minimum absolute atomic E-state index is 0.441. The van der Waals surface area contributed by atoms with Crippen LogP contribution in [0.25, 0.3) is 11.3 Å². The molecule has 3 nitrogen and oxygen atoms in total. The summed E-state index contributed by atoms with van der Waals surface area (Å²) in [4.78, 5) is 0. The molecular formula is C11H13ClN2OS. The predicted molar refractivity (Wildman–Crippen MR) is 66.8 cm³/mol. The van der Waals surface area contributed by atoms with E-state index in [1.54, 1.807) is 0 Å². The number of thiophene rings is 1. The monoisotopic (exact) mass is 256 g/mol. The molecule has 0 saturated carbocycles. The first kappa shape index (κ1) is 11.6. The zero-order valence-electron chi connectivity index (χ0n) is 9.16. The lowest BCUT2D eigenvalue weighted by atomic mass is 10.2. The van der Waals surface area contributed by atoms with Crippen LogP contribution in [-0.2, 0) is 6.54 Å². The van der Waals surface area contributed by atoms with Gasteiger partial charge in [-0.25, -0.2) is 0 Å². The van der Waals surface area contributed by atoms with E-state index in [0.717, 1.165) is 27.9 Å². The number of rotatable bonds is 4. The molecular weight excluding hydrogens is 244 g/mol. The SMILES string of the molecule is CC(C)NCc1cc(-c2csc(Cl)c2)on1. The van der Waals surface area contributed by atoms with E-state index in [2.05, 4.69) is 24.3 Å². The number of hydrogen-bond acceptors (Lipinski definition) is 4. The van der Waals surface area contributed by atoms with Gasteiger partial charge in [0.15, 0.2) is 5.76 Å². The number of nitrogens with zero attached hydrogens (tertiary/aromatic N) is 1. The smallest absolute Gasteiger partial charge is 0.168 e. The van der Waals surface area contributed by atoms with Gasteiger partial charge in [-0.05, 0) is 6.07 Å². The Morgan fingerprint density at radius 3 is 2.94 bits per heavy atom. The Balaban J connectivity index is 2.07. The van der Waals surface area contributed by atoms with Gasteiger partial charge in [-0.15, -0.1) is 11.3 Å². The average Bonchev–Trinajstić information content (AvgIpc) is 2.83. The van der Waals surface area contributed by atoms with Gasteiger partial charge in [0.25, 0.3) is 0 Å². The van der Waals surface area contributed by atoms with Crippen LogP contribution in [0.15, 0.2) is 22.0 Å². The van der Waals surface area contributed by atoms with Gasteiger partial charge in [-0.3, -0.25) is 0 Å². The first-order valence-corrected chi connectivity index (χ1v) is 6.34. The van der Waals surface area contributed by atoms with Crippen LogP contribution >= 0.6 is 22.9 Å². The second-order valence-electron chi connectivity index (χ2n) is 3.86. The summed E-state index contributed by atoms with van der Waals surface area (Å²) in [5.41, 5.74) is 1.89. The predicted octanol–water partition coefficient (Wildman–Crippen LogP) is 3.55. The van der Waals surface area contributed by atoms with Gasteiger partial charge < -0.3 is 9.84 Å². The fraction of sp³-hybridized carbons (Fsp3) is 0.364. The largest absolute Gasteiger partial charge is 0.356 e. The van der Waals surface area contributed by atoms with E-state index < -0.39 is 0 Å². The molecule has 2 heterocycles. The molecule has 2 aromatic rings. The molecule has 1 N–H and O–H groups in total. The minimum Gasteiger partial charge on any atom is -0.356 e. The topological polar surface area (TPSA) is 38.1 Å². The van der Waals surface area contributed by atoms with E-state index in [4.69, 9.17) is 16.1 Å². The van der Waals surface area contributed by atoms with Crippen molar-refractivity contribution < 1.29 is 4.52 Å². The van der Waals surface area contributed by atoms with Gasteiger partial charge in [-0.1, -0.05) is 30.6 Å². The fourth-order valence-corrected chi connectivity index (χ4v) is 2.15. The highest BCUT2D eigenvalue weighted by molar-refractivity contribution is 7.14. The summed E-state index contributed by atoms with van der Waals surface area (Å²) in [5.74, 6) is 0.767. The maximum absolute atomic E-state index is 5.86. The Labute approximate surface area is 103 Å². The zero-order chi connectivity index (χ0) is 11.5. The van der Waals surface area contributed by atoms with Crippen molar-refractivity contribution in [1.82, 2.24) is 10.5 Å². The molecule has 2 rings (SSSR count). The molecule has 0 atom stereocenters. The third-order valence-electron chi connectivity index (χ3n) is 2.10. The second kappa shape index (κ2) is 4.99. The van der Waals surface area contributed by atoms with Gasteiger partial charge in [0.1, 0.15) is 0 Å². The highest BCUT2D eigenvalue weighted by Crippen LogP contribution is 2.28. The third kappa shape index (κ3) is 2.84. The Bertz CT molecular complexity index is 464. The van der Waals surface area contributed by atoms with Crippen molar-refractivity contribution in [2.75, 3.05) is 0 Å². The lowest BCUT2D eigenvalue weighted by Crippen LogP contribution is -2.21. The summed E-state index contributed by atoms with van der Waals surface area (Å²) in [6.45, 7) is 4.92. The van der Waals surface area contributed by atoms with Crippen LogP contribution in [0.3, 0.4) is 0 Å². The Hall–Kier alpha value is -0.840. The summed E-state index contributed by atoms with van der Waals surface area (Å²) in [6, 6.07) is 4.26. The van der Waals surface area contributed by atoms with Crippen LogP contribution in [0.5, 0.6) is 0 Å². The normalized spacial score (nSPS) is 11.2. The Morgan fingerprint density at radius 2 is 2.31 bits per heavy atom. The molecule has 0 aliphatic carbocycles. The van der Waals surface area contributed by atoms with Gasteiger partial charge in [0.05, 0.1) is 10.0 Å². The first-order chi connectivity index (χ1) is 7.65. The highest BCUT2D eigenvalue weighted by atomic mass is 35.5. The average molecular weight is 257 g/mol. The highest BCUT2D eigenvalue weighted by Gasteiger charge is 2.08. The zero-order valence-corrected chi connectivity index (χ0v) is 10.7. The van der Waals surface area contributed by atoms with Gasteiger partial charge >= 0.3 is 0 Å². The summed E-state index contributed by atoms with van der Waals surface area (Å²) in [6.07, 6.45) is 0. The Kier molecular flexibility index (Phi) is 3.63. The minimum atomic E-state index is 0.441. The molecule has 0 fully saturated rings. The van der Waals surface area contributed by atoms with Crippen LogP contribution in [0, 0.1) is 0 Å². The van der Waals surface area contributed by atoms with Crippen molar-refractivity contribution in [3.05, 3.63) is 27.5 Å². The van der Waals surface area contributed by atoms with E-state index in [9.17, 15) is 0 Å². The van der Waals surface area contributed by atoms with Crippen molar-refractivity contribution >= 4 is 22.9 Å². The van der Waals surface area contributed by atoms with E-state index in [0.29, 0.717) is 6.04 Å². The van der Waals surface area contributed by atoms with E-state index in [-0.39, 0.29) is 0 Å². The molecule has 0 bridgehead atoms. The number of hydrogen-bond donors (Lipinski definition) is 1. The summed E-state index contributed by atoms with van der Waals surface area (Å²) >= 11 is 7.35. The number of nitrogens with one attached hydrogen (secondary N) is 1. The maximum Gasteiger partial charge on any atom is 0.168 e. The lowest BCUT2D eigenvalue weighted by Gasteiger charge is -2.03. The Morgan fingerprint density at radius 1 is 1.50 bits per heavy atom. The third-order valence-corrected chi connectivity index (χ3v) is 3.19. The molecule has 0 aliphatic rings. The fourth-order valence-electron chi connectivity index (χ4n) is 1.28. The molecule has 0 radical (unpaired) electrons. The van der Waals surface area contributed by atoms with E-state index in [1.807, 2.05) is 17.5 Å². The summed E-state index contributed by atoms with van der Waals surface area (Å²) < 4.78 is 6.01. The summed E-state index contributed by atoms with van der Waals surface area (Å²) in [5, 5.41) is 9.24. The number of aromatic nitrogens is 1. The van der Waals surface area contributed by atoms with Crippen molar-refractivity contribution in [3.8, 4) is 11.3 Å². The van der Waals surface area contributed by atoms with Crippen molar-refractivity contribution in [2.24, 2.45) is 0 Å². The van der Waals surface area contributed by atoms with Crippen molar-refractivity contribution in [1.29, 1.82) is 0 Å². The molecule has 0 saturated heterocycles. The summed E-state index contributed by atoms with van der Waals surface area (Å²) in [7, 11) is 0.